The molecule has 196 valence electrons. The Morgan fingerprint density at radius 3 is 2.43 bits per heavy atom. The van der Waals surface area contributed by atoms with Crippen molar-refractivity contribution in [2.75, 3.05) is 49.6 Å². The highest BCUT2D eigenvalue weighted by Crippen LogP contribution is 2.32. The van der Waals surface area contributed by atoms with Crippen LogP contribution >= 0.6 is 23.8 Å². The molecule has 4 rings (SSSR count). The maximum atomic E-state index is 12.8. The lowest BCUT2D eigenvalue weighted by atomic mass is 9.98. The third-order valence-electron chi connectivity index (χ3n) is 6.55. The van der Waals surface area contributed by atoms with Crippen molar-refractivity contribution >= 4 is 57.8 Å². The average molecular weight is 546 g/mol. The number of halogens is 1. The van der Waals surface area contributed by atoms with Crippen molar-refractivity contribution < 1.29 is 19.2 Å². The van der Waals surface area contributed by atoms with Gasteiger partial charge in [0.25, 0.3) is 17.5 Å². The largest absolute Gasteiger partial charge is 0.378 e. The third-order valence-corrected chi connectivity index (χ3v) is 7.08. The molecule has 2 heterocycles. The Balaban J connectivity index is 1.44. The highest BCUT2D eigenvalue weighted by atomic mass is 35.5. The van der Waals surface area contributed by atoms with Crippen LogP contribution in [-0.4, -0.2) is 66.1 Å². The van der Waals surface area contributed by atoms with Gasteiger partial charge < -0.3 is 19.9 Å². The molecular weight excluding hydrogens is 518 g/mol. The smallest absolute Gasteiger partial charge is 0.293 e. The molecule has 37 heavy (non-hydrogen) atoms. The van der Waals surface area contributed by atoms with Crippen LogP contribution in [0.1, 0.15) is 40.5 Å². The Morgan fingerprint density at radius 1 is 1.08 bits per heavy atom. The molecule has 2 aromatic rings. The van der Waals surface area contributed by atoms with Gasteiger partial charge in [-0.05, 0) is 61.3 Å². The summed E-state index contributed by atoms with van der Waals surface area (Å²) in [4.78, 5) is 40.6. The van der Waals surface area contributed by atoms with Gasteiger partial charge in [0.1, 0.15) is 5.69 Å². The van der Waals surface area contributed by atoms with Crippen molar-refractivity contribution in [2.45, 2.75) is 19.8 Å². The first-order valence-electron chi connectivity index (χ1n) is 12.0. The van der Waals surface area contributed by atoms with E-state index in [9.17, 15) is 19.7 Å². The molecule has 0 bridgehead atoms. The Kier molecular flexibility index (Phi) is 8.57. The second kappa shape index (κ2) is 11.8. The van der Waals surface area contributed by atoms with Gasteiger partial charge in [-0.25, -0.2) is 0 Å². The fourth-order valence-corrected chi connectivity index (χ4v) is 4.73. The van der Waals surface area contributed by atoms with Gasteiger partial charge in [-0.1, -0.05) is 18.5 Å². The molecule has 2 aliphatic heterocycles. The van der Waals surface area contributed by atoms with Crippen LogP contribution in [0.25, 0.3) is 0 Å². The summed E-state index contributed by atoms with van der Waals surface area (Å²) in [7, 11) is 0. The normalized spacial score (nSPS) is 16.3. The maximum Gasteiger partial charge on any atom is 0.293 e. The van der Waals surface area contributed by atoms with Crippen molar-refractivity contribution in [3.05, 3.63) is 62.7 Å². The summed E-state index contributed by atoms with van der Waals surface area (Å²) in [6, 6.07) is 9.18. The molecule has 10 nitrogen and oxygen atoms in total. The molecule has 0 aromatic heterocycles. The van der Waals surface area contributed by atoms with E-state index in [1.165, 1.54) is 6.07 Å². The number of carbonyl (C=O) groups is 2. The summed E-state index contributed by atoms with van der Waals surface area (Å²) in [6.07, 6.45) is 1.92. The highest BCUT2D eigenvalue weighted by Gasteiger charge is 2.25. The number of hydrogen-bond donors (Lipinski definition) is 2. The number of hydrogen-bond acceptors (Lipinski definition) is 7. The summed E-state index contributed by atoms with van der Waals surface area (Å²) in [5, 5.41) is 17.4. The number of anilines is 2. The molecule has 2 N–H and O–H groups in total. The first-order valence-corrected chi connectivity index (χ1v) is 12.8. The van der Waals surface area contributed by atoms with E-state index in [1.807, 2.05) is 4.90 Å². The number of amides is 2. The summed E-state index contributed by atoms with van der Waals surface area (Å²) < 4.78 is 5.29. The minimum atomic E-state index is -0.601. The molecule has 2 amide bonds. The molecule has 2 aromatic carbocycles. The Morgan fingerprint density at radius 2 is 1.76 bits per heavy atom. The first-order chi connectivity index (χ1) is 17.7. The second-order valence-corrected chi connectivity index (χ2v) is 9.95. The summed E-state index contributed by atoms with van der Waals surface area (Å²) >= 11 is 11.6. The lowest BCUT2D eigenvalue weighted by Gasteiger charge is -2.31. The van der Waals surface area contributed by atoms with E-state index in [1.54, 1.807) is 35.2 Å². The predicted molar refractivity (Wildman–Crippen MR) is 146 cm³/mol. The average Bonchev–Trinajstić information content (AvgIpc) is 2.90. The summed E-state index contributed by atoms with van der Waals surface area (Å²) in [5.74, 6) is -0.176. The van der Waals surface area contributed by atoms with Crippen molar-refractivity contribution in [1.29, 1.82) is 0 Å². The van der Waals surface area contributed by atoms with Crippen molar-refractivity contribution in [3.63, 3.8) is 0 Å². The number of nitrogens with one attached hydrogen (secondary N) is 2. The number of nitro groups is 1. The van der Waals surface area contributed by atoms with E-state index in [0.29, 0.717) is 54.2 Å². The number of benzene rings is 2. The molecule has 0 saturated carbocycles. The third kappa shape index (κ3) is 6.54. The van der Waals surface area contributed by atoms with Crippen molar-refractivity contribution in [3.8, 4) is 0 Å². The number of ether oxygens (including phenoxy) is 1. The SMILES string of the molecule is CC1CCN(c2ccc(C(=O)NC(=S)Nc3cc(C(=O)N4CCOCC4)ccc3Cl)cc2[N+](=O)[O-])CC1. The van der Waals surface area contributed by atoms with E-state index in [-0.39, 0.29) is 22.3 Å². The van der Waals surface area contributed by atoms with Crippen LogP contribution in [0.5, 0.6) is 0 Å². The lowest BCUT2D eigenvalue weighted by molar-refractivity contribution is -0.384. The zero-order valence-electron chi connectivity index (χ0n) is 20.4. The number of piperidine rings is 1. The van der Waals surface area contributed by atoms with Gasteiger partial charge >= 0.3 is 0 Å². The molecule has 2 fully saturated rings. The van der Waals surface area contributed by atoms with E-state index < -0.39 is 10.8 Å². The van der Waals surface area contributed by atoms with Crippen molar-refractivity contribution in [2.24, 2.45) is 5.92 Å². The molecule has 0 radical (unpaired) electrons. The Bertz CT molecular complexity index is 1210. The number of thiocarbonyl (C=S) groups is 1. The maximum absolute atomic E-state index is 12.8. The van der Waals surface area contributed by atoms with Gasteiger partial charge in [-0.15, -0.1) is 0 Å². The zero-order valence-corrected chi connectivity index (χ0v) is 21.9. The second-order valence-electron chi connectivity index (χ2n) is 9.14. The van der Waals surface area contributed by atoms with Crippen LogP contribution < -0.4 is 15.5 Å². The molecule has 0 aliphatic carbocycles. The van der Waals surface area contributed by atoms with E-state index in [4.69, 9.17) is 28.6 Å². The van der Waals surface area contributed by atoms with Crippen molar-refractivity contribution in [1.82, 2.24) is 10.2 Å². The van der Waals surface area contributed by atoms with Gasteiger partial charge in [0.15, 0.2) is 5.11 Å². The van der Waals surface area contributed by atoms with Gasteiger partial charge in [-0.3, -0.25) is 25.0 Å². The first kappa shape index (κ1) is 26.8. The molecule has 12 heteroatoms. The number of carbonyl (C=O) groups excluding carboxylic acids is 2. The molecular formula is C25H28ClN5O5S. The van der Waals surface area contributed by atoms with Gasteiger partial charge in [0.2, 0.25) is 0 Å². The quantitative estimate of drug-likeness (QED) is 0.328. The molecule has 0 atom stereocenters. The summed E-state index contributed by atoms with van der Waals surface area (Å²) in [5.41, 5.74) is 1.25. The number of morpholine rings is 1. The van der Waals surface area contributed by atoms with Crippen LogP contribution in [0.2, 0.25) is 5.02 Å². The highest BCUT2D eigenvalue weighted by molar-refractivity contribution is 7.80. The number of nitro benzene ring substituents is 1. The summed E-state index contributed by atoms with van der Waals surface area (Å²) in [6.45, 7) is 5.60. The monoisotopic (exact) mass is 545 g/mol. The Hall–Kier alpha value is -3.28. The van der Waals surface area contributed by atoms with Crippen LogP contribution in [0.15, 0.2) is 36.4 Å². The van der Waals surface area contributed by atoms with Crippen LogP contribution in [0.4, 0.5) is 17.1 Å². The van der Waals surface area contributed by atoms with Crippen LogP contribution in [-0.2, 0) is 4.74 Å². The van der Waals surface area contributed by atoms with E-state index in [0.717, 1.165) is 25.9 Å². The topological polar surface area (TPSA) is 117 Å². The van der Waals surface area contributed by atoms with E-state index in [2.05, 4.69) is 17.6 Å². The standard InChI is InChI=1S/C25H28ClN5O5S/c1-16-6-8-29(9-7-16)21-5-3-17(15-22(21)31(34)35)23(32)28-25(37)27-20-14-18(2-4-19(20)26)24(33)30-10-12-36-13-11-30/h2-5,14-16H,6-13H2,1H3,(H2,27,28,32,37). The molecule has 0 spiro atoms. The van der Waals surface area contributed by atoms with Gasteiger partial charge in [0, 0.05) is 43.4 Å². The lowest BCUT2D eigenvalue weighted by Crippen LogP contribution is -2.40. The molecule has 2 aliphatic rings. The fourth-order valence-electron chi connectivity index (χ4n) is 4.36. The Labute approximate surface area is 225 Å². The van der Waals surface area contributed by atoms with E-state index >= 15 is 0 Å². The minimum absolute atomic E-state index is 0.0559. The van der Waals surface area contributed by atoms with Crippen LogP contribution in [0.3, 0.4) is 0 Å². The minimum Gasteiger partial charge on any atom is -0.378 e. The van der Waals surface area contributed by atoms with Crippen LogP contribution in [0, 0.1) is 16.0 Å². The molecule has 0 unspecified atom stereocenters. The molecule has 2 saturated heterocycles. The zero-order chi connectivity index (χ0) is 26.5. The number of nitrogens with zero attached hydrogens (tertiary/aromatic N) is 3. The fraction of sp³-hybridized carbons (Fsp3) is 0.400. The number of rotatable bonds is 5. The van der Waals surface area contributed by atoms with Gasteiger partial charge in [-0.2, -0.15) is 0 Å². The van der Waals surface area contributed by atoms with Gasteiger partial charge in [0.05, 0.1) is 28.8 Å². The predicted octanol–water partition coefficient (Wildman–Crippen LogP) is 4.08.